The van der Waals surface area contributed by atoms with Gasteiger partial charge in [-0.05, 0) is 61.2 Å². The van der Waals surface area contributed by atoms with E-state index in [-0.39, 0.29) is 6.42 Å². The van der Waals surface area contributed by atoms with Crippen molar-refractivity contribution in [3.8, 4) is 5.75 Å². The van der Waals surface area contributed by atoms with E-state index >= 15 is 0 Å². The van der Waals surface area contributed by atoms with Gasteiger partial charge in [0.15, 0.2) is 0 Å². The second-order valence-corrected chi connectivity index (χ2v) is 9.65. The molecule has 0 spiro atoms. The number of anilines is 1. The molecule has 0 saturated carbocycles. The fourth-order valence-corrected chi connectivity index (χ4v) is 4.54. The molecule has 3 aromatic rings. The lowest BCUT2D eigenvalue weighted by atomic mass is 9.97. The summed E-state index contributed by atoms with van der Waals surface area (Å²) in [6.07, 6.45) is 1.93. The van der Waals surface area contributed by atoms with E-state index in [2.05, 4.69) is 4.72 Å². The Bertz CT molecular complexity index is 1270. The first kappa shape index (κ1) is 26.7. The number of benzene rings is 3. The van der Waals surface area contributed by atoms with Gasteiger partial charge in [-0.3, -0.25) is 9.59 Å². The normalized spacial score (nSPS) is 12.2. The molecule has 0 bridgehead atoms. The predicted octanol–water partition coefficient (Wildman–Crippen LogP) is 4.41. The summed E-state index contributed by atoms with van der Waals surface area (Å²) < 4.78 is 32.5. The number of para-hydroxylation sites is 1. The molecular weight excluding hydrogens is 476 g/mol. The van der Waals surface area contributed by atoms with Crippen LogP contribution in [0.15, 0.2) is 90.3 Å². The van der Waals surface area contributed by atoms with Crippen molar-refractivity contribution in [2.75, 3.05) is 18.6 Å². The third-order valence-corrected chi connectivity index (χ3v) is 6.61. The lowest BCUT2D eigenvalue weighted by Crippen LogP contribution is -2.45. The summed E-state index contributed by atoms with van der Waals surface area (Å²) in [6, 6.07) is 25.2. The van der Waals surface area contributed by atoms with E-state index in [4.69, 9.17) is 4.74 Å². The first-order valence-electron chi connectivity index (χ1n) is 11.6. The van der Waals surface area contributed by atoms with Crippen LogP contribution >= 0.6 is 0 Å². The van der Waals surface area contributed by atoms with Crippen LogP contribution in [0.1, 0.15) is 24.5 Å². The van der Waals surface area contributed by atoms with Gasteiger partial charge in [-0.15, -0.1) is 0 Å². The van der Waals surface area contributed by atoms with Crippen LogP contribution in [0.4, 0.5) is 5.69 Å². The molecule has 0 aliphatic carbocycles. The number of nitrogens with zero attached hydrogens (tertiary/aromatic N) is 1. The maximum Gasteiger partial charge on any atom is 0.257 e. The number of carbonyl (C=O) groups excluding carboxylic acids is 2. The van der Waals surface area contributed by atoms with Gasteiger partial charge in [-0.2, -0.15) is 0 Å². The van der Waals surface area contributed by atoms with Crippen molar-refractivity contribution in [3.05, 3.63) is 101 Å². The number of aryl methyl sites for hydroxylation is 1. The number of ether oxygens (including phenoxy) is 1. The van der Waals surface area contributed by atoms with Gasteiger partial charge in [-0.1, -0.05) is 60.7 Å². The number of sulfonamides is 1. The van der Waals surface area contributed by atoms with E-state index in [1.54, 1.807) is 67.8 Å². The van der Waals surface area contributed by atoms with Crippen LogP contribution in [-0.2, 0) is 26.0 Å². The van der Waals surface area contributed by atoms with Crippen molar-refractivity contribution in [2.45, 2.75) is 19.8 Å². The van der Waals surface area contributed by atoms with Gasteiger partial charge in [0.1, 0.15) is 11.7 Å². The average Bonchev–Trinajstić information content (AvgIpc) is 2.89. The zero-order valence-electron chi connectivity index (χ0n) is 20.3. The SMILES string of the molecule is CCN(C(=O)C(CCc1ccc(OC)cc1)C(=O)NS(=O)(=O)C=Cc1ccccc1)c1ccccc1. The van der Waals surface area contributed by atoms with Gasteiger partial charge in [0.05, 0.1) is 12.5 Å². The Morgan fingerprint density at radius 3 is 2.14 bits per heavy atom. The smallest absolute Gasteiger partial charge is 0.257 e. The molecule has 1 N–H and O–H groups in total. The van der Waals surface area contributed by atoms with Crippen molar-refractivity contribution in [3.63, 3.8) is 0 Å². The van der Waals surface area contributed by atoms with Gasteiger partial charge >= 0.3 is 0 Å². The zero-order valence-corrected chi connectivity index (χ0v) is 21.1. The summed E-state index contributed by atoms with van der Waals surface area (Å²) in [4.78, 5) is 28.2. The Morgan fingerprint density at radius 1 is 0.944 bits per heavy atom. The van der Waals surface area contributed by atoms with Gasteiger partial charge in [0.2, 0.25) is 11.8 Å². The van der Waals surface area contributed by atoms with E-state index in [1.807, 2.05) is 31.2 Å². The molecule has 3 rings (SSSR count). The van der Waals surface area contributed by atoms with Crippen molar-refractivity contribution >= 4 is 33.6 Å². The first-order chi connectivity index (χ1) is 17.3. The summed E-state index contributed by atoms with van der Waals surface area (Å²) in [7, 11) is -2.54. The molecule has 0 aliphatic rings. The molecular formula is C28H30N2O5S. The molecule has 188 valence electrons. The number of amides is 2. The van der Waals surface area contributed by atoms with E-state index in [0.29, 0.717) is 30.0 Å². The Hall–Kier alpha value is -3.91. The summed E-state index contributed by atoms with van der Waals surface area (Å²) >= 11 is 0. The number of hydrogen-bond acceptors (Lipinski definition) is 5. The van der Waals surface area contributed by atoms with Crippen LogP contribution in [0.25, 0.3) is 6.08 Å². The summed E-state index contributed by atoms with van der Waals surface area (Å²) in [6.45, 7) is 2.14. The third kappa shape index (κ3) is 7.55. The van der Waals surface area contributed by atoms with Crippen molar-refractivity contribution < 1.29 is 22.7 Å². The van der Waals surface area contributed by atoms with E-state index in [1.165, 1.54) is 11.0 Å². The van der Waals surface area contributed by atoms with Crippen molar-refractivity contribution in [2.24, 2.45) is 5.92 Å². The van der Waals surface area contributed by atoms with Gasteiger partial charge in [-0.25, -0.2) is 13.1 Å². The first-order valence-corrected chi connectivity index (χ1v) is 13.2. The Balaban J connectivity index is 1.82. The zero-order chi connectivity index (χ0) is 26.0. The molecule has 0 aromatic heterocycles. The van der Waals surface area contributed by atoms with Crippen LogP contribution in [0, 0.1) is 5.92 Å². The van der Waals surface area contributed by atoms with Gasteiger partial charge in [0.25, 0.3) is 10.0 Å². The molecule has 8 heteroatoms. The lowest BCUT2D eigenvalue weighted by Gasteiger charge is -2.26. The number of rotatable bonds is 11. The number of methoxy groups -OCH3 is 1. The van der Waals surface area contributed by atoms with Crippen LogP contribution in [-0.4, -0.2) is 33.9 Å². The van der Waals surface area contributed by atoms with Gasteiger partial charge in [0, 0.05) is 12.2 Å². The highest BCUT2D eigenvalue weighted by molar-refractivity contribution is 7.93. The summed E-state index contributed by atoms with van der Waals surface area (Å²) in [5, 5.41) is 0.931. The van der Waals surface area contributed by atoms with E-state index in [9.17, 15) is 18.0 Å². The maximum absolute atomic E-state index is 13.5. The topological polar surface area (TPSA) is 92.8 Å². The van der Waals surface area contributed by atoms with Crippen molar-refractivity contribution in [1.82, 2.24) is 4.72 Å². The Morgan fingerprint density at radius 2 is 1.56 bits per heavy atom. The number of hydrogen-bond donors (Lipinski definition) is 1. The summed E-state index contributed by atoms with van der Waals surface area (Å²) in [5.74, 6) is -1.83. The maximum atomic E-state index is 13.5. The molecule has 1 atom stereocenters. The summed E-state index contributed by atoms with van der Waals surface area (Å²) in [5.41, 5.74) is 2.21. The van der Waals surface area contributed by atoms with E-state index in [0.717, 1.165) is 11.0 Å². The second kappa shape index (κ2) is 12.7. The Kier molecular flexibility index (Phi) is 9.41. The quantitative estimate of drug-likeness (QED) is 0.389. The predicted molar refractivity (Wildman–Crippen MR) is 142 cm³/mol. The minimum atomic E-state index is -4.11. The Labute approximate surface area is 212 Å². The monoisotopic (exact) mass is 506 g/mol. The second-order valence-electron chi connectivity index (χ2n) is 8.08. The molecule has 0 saturated heterocycles. The molecule has 2 amide bonds. The highest BCUT2D eigenvalue weighted by Crippen LogP contribution is 2.21. The largest absolute Gasteiger partial charge is 0.497 e. The minimum Gasteiger partial charge on any atom is -0.497 e. The molecule has 7 nitrogen and oxygen atoms in total. The standard InChI is InChI=1S/C28H30N2O5S/c1-3-30(24-12-8-5-9-13-24)28(32)26(19-16-23-14-17-25(35-2)18-15-23)27(31)29-36(33,34)21-20-22-10-6-4-7-11-22/h4-15,17-18,20-21,26H,3,16,19H2,1-2H3,(H,29,31). The molecule has 3 aromatic carbocycles. The number of nitrogens with one attached hydrogen (secondary N) is 1. The fraction of sp³-hybridized carbons (Fsp3) is 0.214. The minimum absolute atomic E-state index is 0.137. The van der Waals surface area contributed by atoms with Crippen LogP contribution in [0.5, 0.6) is 5.75 Å². The average molecular weight is 507 g/mol. The highest BCUT2D eigenvalue weighted by Gasteiger charge is 2.32. The fourth-order valence-electron chi connectivity index (χ4n) is 3.71. The van der Waals surface area contributed by atoms with Gasteiger partial charge < -0.3 is 9.64 Å². The van der Waals surface area contributed by atoms with Crippen LogP contribution in [0.3, 0.4) is 0 Å². The third-order valence-electron chi connectivity index (χ3n) is 5.63. The molecule has 0 heterocycles. The molecule has 0 fully saturated rings. The van der Waals surface area contributed by atoms with Crippen LogP contribution < -0.4 is 14.4 Å². The van der Waals surface area contributed by atoms with E-state index < -0.39 is 27.8 Å². The lowest BCUT2D eigenvalue weighted by molar-refractivity contribution is -0.132. The highest BCUT2D eigenvalue weighted by atomic mass is 32.2. The molecule has 0 radical (unpaired) electrons. The number of carbonyl (C=O) groups is 2. The van der Waals surface area contributed by atoms with Crippen LogP contribution in [0.2, 0.25) is 0 Å². The van der Waals surface area contributed by atoms with Crippen molar-refractivity contribution in [1.29, 1.82) is 0 Å². The molecule has 1 unspecified atom stereocenters. The molecule has 0 aliphatic heterocycles. The molecule has 36 heavy (non-hydrogen) atoms.